The SMILES string of the molecule is Nc1nsc(NCCC2=CCCCC2)n1. The Balaban J connectivity index is 1.72. The third kappa shape index (κ3) is 3.20. The smallest absolute Gasteiger partial charge is 0.233 e. The number of nitrogen functional groups attached to an aromatic ring is 1. The minimum absolute atomic E-state index is 0.361. The molecule has 1 heterocycles. The van der Waals surface area contributed by atoms with Gasteiger partial charge in [0.1, 0.15) is 0 Å². The van der Waals surface area contributed by atoms with E-state index in [1.54, 1.807) is 5.57 Å². The van der Waals surface area contributed by atoms with Crippen LogP contribution in [0.15, 0.2) is 11.6 Å². The largest absolute Gasteiger partial charge is 0.367 e. The number of nitrogens with two attached hydrogens (primary N) is 1. The van der Waals surface area contributed by atoms with Crippen LogP contribution in [0.2, 0.25) is 0 Å². The number of nitrogens with zero attached hydrogens (tertiary/aromatic N) is 2. The first-order valence-corrected chi connectivity index (χ1v) is 6.13. The molecule has 0 amide bonds. The van der Waals surface area contributed by atoms with Crippen molar-refractivity contribution in [3.8, 4) is 0 Å². The summed E-state index contributed by atoms with van der Waals surface area (Å²) in [5.74, 6) is 0.361. The third-order valence-electron chi connectivity index (χ3n) is 2.55. The highest BCUT2D eigenvalue weighted by Crippen LogP contribution is 2.20. The van der Waals surface area contributed by atoms with Gasteiger partial charge in [0.15, 0.2) is 0 Å². The Morgan fingerprint density at radius 2 is 2.40 bits per heavy atom. The fraction of sp³-hybridized carbons (Fsp3) is 0.600. The third-order valence-corrected chi connectivity index (χ3v) is 3.24. The second-order valence-corrected chi connectivity index (χ2v) is 4.49. The Hall–Kier alpha value is -1.10. The number of aromatic nitrogens is 2. The van der Waals surface area contributed by atoms with Gasteiger partial charge >= 0.3 is 0 Å². The molecule has 4 nitrogen and oxygen atoms in total. The van der Waals surface area contributed by atoms with Crippen molar-refractivity contribution in [3.63, 3.8) is 0 Å². The highest BCUT2D eigenvalue weighted by molar-refractivity contribution is 7.09. The topological polar surface area (TPSA) is 63.8 Å². The van der Waals surface area contributed by atoms with E-state index in [1.807, 2.05) is 0 Å². The van der Waals surface area contributed by atoms with Gasteiger partial charge in [-0.25, -0.2) is 0 Å². The van der Waals surface area contributed by atoms with Gasteiger partial charge in [-0.1, -0.05) is 11.6 Å². The molecule has 0 aromatic carbocycles. The second-order valence-electron chi connectivity index (χ2n) is 3.74. The van der Waals surface area contributed by atoms with E-state index < -0.39 is 0 Å². The standard InChI is InChI=1S/C10H16N4S/c11-9-13-10(15-14-9)12-7-6-8-4-2-1-3-5-8/h4H,1-3,5-7H2,(H3,11,12,13,14). The second kappa shape index (κ2) is 5.11. The number of rotatable bonds is 4. The van der Waals surface area contributed by atoms with Crippen LogP contribution in [0.25, 0.3) is 0 Å². The lowest BCUT2D eigenvalue weighted by Crippen LogP contribution is -2.04. The predicted molar refractivity (Wildman–Crippen MR) is 64.0 cm³/mol. The van der Waals surface area contributed by atoms with Gasteiger partial charge in [0, 0.05) is 18.1 Å². The molecule has 0 saturated carbocycles. The van der Waals surface area contributed by atoms with Crippen LogP contribution in [-0.2, 0) is 0 Å². The Labute approximate surface area is 93.8 Å². The van der Waals surface area contributed by atoms with E-state index in [1.165, 1.54) is 37.2 Å². The van der Waals surface area contributed by atoms with Crippen molar-refractivity contribution in [2.75, 3.05) is 17.6 Å². The molecule has 1 aromatic rings. The van der Waals surface area contributed by atoms with E-state index in [9.17, 15) is 0 Å². The Morgan fingerprint density at radius 1 is 1.47 bits per heavy atom. The first-order valence-electron chi connectivity index (χ1n) is 5.35. The monoisotopic (exact) mass is 224 g/mol. The quantitative estimate of drug-likeness (QED) is 0.771. The Kier molecular flexibility index (Phi) is 3.55. The maximum atomic E-state index is 5.43. The molecule has 0 atom stereocenters. The molecule has 0 aliphatic heterocycles. The molecule has 0 bridgehead atoms. The first kappa shape index (κ1) is 10.4. The molecule has 82 valence electrons. The molecule has 0 radical (unpaired) electrons. The van der Waals surface area contributed by atoms with Crippen LogP contribution in [0.5, 0.6) is 0 Å². The van der Waals surface area contributed by atoms with E-state index in [2.05, 4.69) is 20.8 Å². The van der Waals surface area contributed by atoms with Gasteiger partial charge in [-0.3, -0.25) is 0 Å². The predicted octanol–water partition coefficient (Wildman–Crippen LogP) is 2.42. The molecule has 1 aliphatic carbocycles. The van der Waals surface area contributed by atoms with Crippen LogP contribution in [0, 0.1) is 0 Å². The molecule has 0 fully saturated rings. The van der Waals surface area contributed by atoms with Crippen molar-refractivity contribution >= 4 is 22.6 Å². The van der Waals surface area contributed by atoms with E-state index in [4.69, 9.17) is 5.73 Å². The van der Waals surface area contributed by atoms with Gasteiger partial charge in [-0.15, -0.1) is 0 Å². The molecular weight excluding hydrogens is 208 g/mol. The molecule has 3 N–H and O–H groups in total. The van der Waals surface area contributed by atoms with Gasteiger partial charge in [0.05, 0.1) is 0 Å². The summed E-state index contributed by atoms with van der Waals surface area (Å²) in [6.45, 7) is 0.931. The summed E-state index contributed by atoms with van der Waals surface area (Å²) in [7, 11) is 0. The van der Waals surface area contributed by atoms with Crippen molar-refractivity contribution in [3.05, 3.63) is 11.6 Å². The lowest BCUT2D eigenvalue weighted by atomic mass is 9.97. The molecule has 5 heteroatoms. The normalized spacial score (nSPS) is 16.1. The van der Waals surface area contributed by atoms with Crippen LogP contribution >= 0.6 is 11.5 Å². The van der Waals surface area contributed by atoms with Gasteiger partial charge in [-0.2, -0.15) is 9.36 Å². The maximum Gasteiger partial charge on any atom is 0.233 e. The number of hydrogen-bond donors (Lipinski definition) is 2. The van der Waals surface area contributed by atoms with Crippen LogP contribution < -0.4 is 11.1 Å². The molecule has 0 saturated heterocycles. The maximum absolute atomic E-state index is 5.43. The zero-order valence-electron chi connectivity index (χ0n) is 8.70. The van der Waals surface area contributed by atoms with Crippen molar-refractivity contribution in [2.24, 2.45) is 0 Å². The van der Waals surface area contributed by atoms with Crippen LogP contribution in [0.4, 0.5) is 11.1 Å². The summed E-state index contributed by atoms with van der Waals surface area (Å²) in [5.41, 5.74) is 7.01. The first-order chi connectivity index (χ1) is 7.34. The fourth-order valence-corrected chi connectivity index (χ4v) is 2.29. The summed E-state index contributed by atoms with van der Waals surface area (Å²) in [4.78, 5) is 4.05. The Bertz CT molecular complexity index is 345. The number of anilines is 2. The molecule has 1 aliphatic rings. The van der Waals surface area contributed by atoms with E-state index in [-0.39, 0.29) is 0 Å². The number of allylic oxidation sites excluding steroid dienone is 1. The minimum atomic E-state index is 0.361. The van der Waals surface area contributed by atoms with E-state index >= 15 is 0 Å². The summed E-state index contributed by atoms with van der Waals surface area (Å²) in [5, 5.41) is 4.06. The van der Waals surface area contributed by atoms with Crippen molar-refractivity contribution in [1.29, 1.82) is 0 Å². The van der Waals surface area contributed by atoms with Crippen molar-refractivity contribution < 1.29 is 0 Å². The zero-order chi connectivity index (χ0) is 10.5. The average Bonchev–Trinajstić information content (AvgIpc) is 2.66. The fourth-order valence-electron chi connectivity index (χ4n) is 1.77. The molecule has 15 heavy (non-hydrogen) atoms. The van der Waals surface area contributed by atoms with Crippen molar-refractivity contribution in [1.82, 2.24) is 9.36 Å². The molecule has 2 rings (SSSR count). The summed E-state index contributed by atoms with van der Waals surface area (Å²) in [6, 6.07) is 0. The lowest BCUT2D eigenvalue weighted by molar-refractivity contribution is 0.679. The zero-order valence-corrected chi connectivity index (χ0v) is 9.52. The van der Waals surface area contributed by atoms with Gasteiger partial charge in [-0.05, 0) is 32.1 Å². The highest BCUT2D eigenvalue weighted by atomic mass is 32.1. The van der Waals surface area contributed by atoms with Crippen LogP contribution in [0.3, 0.4) is 0 Å². The Morgan fingerprint density at radius 3 is 3.07 bits per heavy atom. The highest BCUT2D eigenvalue weighted by Gasteiger charge is 2.04. The van der Waals surface area contributed by atoms with Gasteiger partial charge < -0.3 is 11.1 Å². The average molecular weight is 224 g/mol. The van der Waals surface area contributed by atoms with Crippen molar-refractivity contribution in [2.45, 2.75) is 32.1 Å². The summed E-state index contributed by atoms with van der Waals surface area (Å²) in [6.07, 6.45) is 8.70. The minimum Gasteiger partial charge on any atom is -0.367 e. The molecule has 1 aromatic heterocycles. The van der Waals surface area contributed by atoms with Gasteiger partial charge in [0.25, 0.3) is 0 Å². The number of nitrogens with one attached hydrogen (secondary N) is 1. The number of hydrogen-bond acceptors (Lipinski definition) is 5. The lowest BCUT2D eigenvalue weighted by Gasteiger charge is -2.12. The van der Waals surface area contributed by atoms with Gasteiger partial charge in [0.2, 0.25) is 11.1 Å². The summed E-state index contributed by atoms with van der Waals surface area (Å²) < 4.78 is 3.91. The molecule has 0 spiro atoms. The van der Waals surface area contributed by atoms with Crippen LogP contribution in [-0.4, -0.2) is 15.9 Å². The summed E-state index contributed by atoms with van der Waals surface area (Å²) >= 11 is 1.32. The molecular formula is C10H16N4S. The molecule has 0 unspecified atom stereocenters. The van der Waals surface area contributed by atoms with E-state index in [0.717, 1.165) is 18.1 Å². The van der Waals surface area contributed by atoms with E-state index in [0.29, 0.717) is 5.95 Å². The van der Waals surface area contributed by atoms with Crippen LogP contribution in [0.1, 0.15) is 32.1 Å².